The number of hydrogen-bond donors (Lipinski definition) is 1. The van der Waals surface area contributed by atoms with Gasteiger partial charge in [0.15, 0.2) is 0 Å². The molecule has 0 amide bonds. The highest BCUT2D eigenvalue weighted by Crippen LogP contribution is 2.47. The van der Waals surface area contributed by atoms with Crippen molar-refractivity contribution in [2.45, 2.75) is 91.0 Å². The molecule has 0 spiro atoms. The second-order valence-electron chi connectivity index (χ2n) is 12.4. The minimum atomic E-state index is 0.0541. The predicted molar refractivity (Wildman–Crippen MR) is 161 cm³/mol. The van der Waals surface area contributed by atoms with Crippen molar-refractivity contribution in [3.63, 3.8) is 0 Å². The highest BCUT2D eigenvalue weighted by molar-refractivity contribution is 6.83. The third-order valence-corrected chi connectivity index (χ3v) is 8.27. The summed E-state index contributed by atoms with van der Waals surface area (Å²) >= 11 is 0. The van der Waals surface area contributed by atoms with Crippen LogP contribution in [0.25, 0.3) is 11.0 Å². The monoisotopic (exact) mass is 496 g/mol. The van der Waals surface area contributed by atoms with Crippen molar-refractivity contribution in [2.75, 3.05) is 6.54 Å². The first-order valence-corrected chi connectivity index (χ1v) is 13.9. The highest BCUT2D eigenvalue weighted by atomic mass is 16.3. The third-order valence-electron chi connectivity index (χ3n) is 8.27. The normalized spacial score (nSPS) is 19.4. The van der Waals surface area contributed by atoms with Crippen molar-refractivity contribution in [1.29, 1.82) is 0 Å². The SMILES string of the molecule is C=CCN1C=C(C(CC(=C)C)N/C=C/CC)B(c2cc3cc4c(cc3o2)C(C)(C)CCC4(C)C)C=C1C. The standard InChI is InChI=1S/C33H45BN2O/c1-10-12-15-35-29(17-23(3)4)28-22-36(16-11-2)24(5)21-34(28)31-19-25-18-26-27(20-30(25)37-31)33(8,9)14-13-32(26,6)7/h11-12,15,18-22,29,35H,2-3,10,13-14,16-17H2,1,4-9H3/b15-12+. The summed E-state index contributed by atoms with van der Waals surface area (Å²) in [6.45, 7) is 25.0. The zero-order valence-electron chi connectivity index (χ0n) is 24.1. The molecule has 2 aliphatic rings. The van der Waals surface area contributed by atoms with E-state index in [-0.39, 0.29) is 23.6 Å². The summed E-state index contributed by atoms with van der Waals surface area (Å²) in [6, 6.07) is 7.13. The molecular weight excluding hydrogens is 451 g/mol. The van der Waals surface area contributed by atoms with E-state index < -0.39 is 0 Å². The van der Waals surface area contributed by atoms with Crippen LogP contribution in [0.2, 0.25) is 0 Å². The summed E-state index contributed by atoms with van der Waals surface area (Å²) in [7, 11) is 0. The molecule has 1 unspecified atom stereocenters. The molecule has 196 valence electrons. The van der Waals surface area contributed by atoms with Crippen LogP contribution >= 0.6 is 0 Å². The van der Waals surface area contributed by atoms with Gasteiger partial charge in [-0.25, -0.2) is 0 Å². The Hall–Kier alpha value is -2.88. The summed E-state index contributed by atoms with van der Waals surface area (Å²) in [6.07, 6.45) is 12.8. The first-order valence-electron chi connectivity index (χ1n) is 13.9. The van der Waals surface area contributed by atoms with Gasteiger partial charge in [-0.2, -0.15) is 0 Å². The van der Waals surface area contributed by atoms with Gasteiger partial charge in [-0.1, -0.05) is 58.3 Å². The molecule has 2 heterocycles. The fraction of sp³-hybridized carbons (Fsp3) is 0.455. The van der Waals surface area contributed by atoms with Crippen molar-refractivity contribution in [3.8, 4) is 0 Å². The maximum Gasteiger partial charge on any atom is 0.281 e. The molecule has 1 aromatic heterocycles. The van der Waals surface area contributed by atoms with Gasteiger partial charge in [0.25, 0.3) is 6.71 Å². The van der Waals surface area contributed by atoms with Gasteiger partial charge < -0.3 is 14.6 Å². The Morgan fingerprint density at radius 1 is 1.16 bits per heavy atom. The minimum Gasteiger partial charge on any atom is -0.470 e. The van der Waals surface area contributed by atoms with Gasteiger partial charge in [0, 0.05) is 23.7 Å². The van der Waals surface area contributed by atoms with Crippen LogP contribution in [0.15, 0.2) is 83.0 Å². The number of nitrogens with one attached hydrogen (secondary N) is 1. The van der Waals surface area contributed by atoms with Gasteiger partial charge in [0.05, 0.1) is 5.66 Å². The van der Waals surface area contributed by atoms with Crippen LogP contribution in [-0.4, -0.2) is 24.2 Å². The van der Waals surface area contributed by atoms with Crippen LogP contribution in [0.5, 0.6) is 0 Å². The summed E-state index contributed by atoms with van der Waals surface area (Å²) in [5.74, 6) is 2.35. The second kappa shape index (κ2) is 10.5. The van der Waals surface area contributed by atoms with Crippen molar-refractivity contribution < 1.29 is 4.42 Å². The van der Waals surface area contributed by atoms with Crippen LogP contribution in [0, 0.1) is 0 Å². The predicted octanol–water partition coefficient (Wildman–Crippen LogP) is 7.70. The molecule has 1 aliphatic carbocycles. The number of hydrogen-bond acceptors (Lipinski definition) is 3. The molecule has 1 aliphatic heterocycles. The lowest BCUT2D eigenvalue weighted by molar-refractivity contribution is 0.332. The minimum absolute atomic E-state index is 0.0541. The molecule has 0 saturated heterocycles. The first kappa shape index (κ1) is 27.2. The Kier molecular flexibility index (Phi) is 7.69. The summed E-state index contributed by atoms with van der Waals surface area (Å²) < 4.78 is 6.70. The maximum absolute atomic E-state index is 6.70. The molecule has 0 bridgehead atoms. The lowest BCUT2D eigenvalue weighted by Gasteiger charge is -2.41. The van der Waals surface area contributed by atoms with E-state index in [2.05, 4.69) is 114 Å². The van der Waals surface area contributed by atoms with Crippen molar-refractivity contribution in [3.05, 3.63) is 89.8 Å². The van der Waals surface area contributed by atoms with E-state index in [0.717, 1.165) is 36.2 Å². The first-order chi connectivity index (χ1) is 17.5. The molecule has 0 radical (unpaired) electrons. The molecule has 1 N–H and O–H groups in total. The summed E-state index contributed by atoms with van der Waals surface area (Å²) in [5.41, 5.74) is 8.91. The fourth-order valence-corrected chi connectivity index (χ4v) is 5.88. The van der Waals surface area contributed by atoms with E-state index >= 15 is 0 Å². The largest absolute Gasteiger partial charge is 0.470 e. The lowest BCUT2D eigenvalue weighted by atomic mass is 9.40. The average molecular weight is 497 g/mol. The third kappa shape index (κ3) is 5.54. The lowest BCUT2D eigenvalue weighted by Crippen LogP contribution is -2.44. The summed E-state index contributed by atoms with van der Waals surface area (Å²) in [4.78, 5) is 2.28. The zero-order chi connectivity index (χ0) is 27.0. The second-order valence-corrected chi connectivity index (χ2v) is 12.4. The molecule has 4 rings (SSSR count). The molecule has 37 heavy (non-hydrogen) atoms. The molecule has 1 aromatic carbocycles. The van der Waals surface area contributed by atoms with Crippen LogP contribution < -0.4 is 11.0 Å². The fourth-order valence-electron chi connectivity index (χ4n) is 5.88. The van der Waals surface area contributed by atoms with Crippen LogP contribution in [0.4, 0.5) is 0 Å². The van der Waals surface area contributed by atoms with E-state index in [9.17, 15) is 0 Å². The van der Waals surface area contributed by atoms with Crippen LogP contribution in [0.1, 0.15) is 85.3 Å². The van der Waals surface area contributed by atoms with Crippen molar-refractivity contribution in [1.82, 2.24) is 10.2 Å². The molecular formula is C33H45BN2O. The number of fused-ring (bicyclic) bond motifs is 2. The van der Waals surface area contributed by atoms with Gasteiger partial charge in [0.1, 0.15) is 5.58 Å². The van der Waals surface area contributed by atoms with E-state index in [4.69, 9.17) is 4.42 Å². The molecule has 0 saturated carbocycles. The number of rotatable bonds is 9. The molecule has 1 atom stereocenters. The van der Waals surface area contributed by atoms with E-state index in [1.165, 1.54) is 40.5 Å². The summed E-state index contributed by atoms with van der Waals surface area (Å²) in [5, 5.41) is 4.87. The van der Waals surface area contributed by atoms with E-state index in [1.807, 2.05) is 6.08 Å². The Balaban J connectivity index is 1.82. The van der Waals surface area contributed by atoms with Crippen molar-refractivity contribution >= 4 is 23.3 Å². The molecule has 0 fully saturated rings. The molecule has 2 aromatic rings. The topological polar surface area (TPSA) is 28.4 Å². The number of allylic oxidation sites excluding steroid dienone is 2. The zero-order valence-corrected chi connectivity index (χ0v) is 24.1. The van der Waals surface area contributed by atoms with E-state index in [0.29, 0.717) is 0 Å². The number of benzene rings is 1. The Labute approximate surface area is 225 Å². The van der Waals surface area contributed by atoms with Crippen LogP contribution in [-0.2, 0) is 10.8 Å². The van der Waals surface area contributed by atoms with Gasteiger partial charge in [0.2, 0.25) is 0 Å². The van der Waals surface area contributed by atoms with Gasteiger partial charge in [-0.15, -0.1) is 13.2 Å². The maximum atomic E-state index is 6.70. The smallest absolute Gasteiger partial charge is 0.281 e. The van der Waals surface area contributed by atoms with Gasteiger partial charge in [-0.3, -0.25) is 0 Å². The van der Waals surface area contributed by atoms with Gasteiger partial charge in [-0.05, 0) is 97.6 Å². The number of furan rings is 1. The average Bonchev–Trinajstić information content (AvgIpc) is 3.25. The molecule has 4 heteroatoms. The highest BCUT2D eigenvalue weighted by Gasteiger charge is 2.38. The Morgan fingerprint density at radius 3 is 2.46 bits per heavy atom. The van der Waals surface area contributed by atoms with E-state index in [1.54, 1.807) is 0 Å². The van der Waals surface area contributed by atoms with Crippen molar-refractivity contribution in [2.24, 2.45) is 0 Å². The van der Waals surface area contributed by atoms with Crippen LogP contribution in [0.3, 0.4) is 0 Å². The van der Waals surface area contributed by atoms with Gasteiger partial charge >= 0.3 is 0 Å². The Morgan fingerprint density at radius 2 is 1.84 bits per heavy atom. The Bertz CT molecular complexity index is 1220. The quantitative estimate of drug-likeness (QED) is 0.285. The molecule has 3 nitrogen and oxygen atoms in total. The number of nitrogens with zero attached hydrogens (tertiary/aromatic N) is 1.